The molecule has 3 unspecified atom stereocenters. The van der Waals surface area contributed by atoms with Gasteiger partial charge in [-0.15, -0.1) is 0 Å². The fourth-order valence-electron chi connectivity index (χ4n) is 10.4. The third-order valence-corrected chi connectivity index (χ3v) is 18.4. The highest BCUT2D eigenvalue weighted by Crippen LogP contribution is 2.45. The number of unbranched alkanes of at least 4 members (excludes halogenated alkanes) is 32. The fourth-order valence-corrected chi connectivity index (χ4v) is 12.0. The lowest BCUT2D eigenvalue weighted by molar-refractivity contribution is -0.161. The van der Waals surface area contributed by atoms with Crippen molar-refractivity contribution in [2.75, 3.05) is 39.6 Å². The average Bonchev–Trinajstić information content (AvgIpc) is 1.01. The highest BCUT2D eigenvalue weighted by molar-refractivity contribution is 7.47. The monoisotopic (exact) mass is 1450 g/mol. The Morgan fingerprint density at radius 3 is 0.740 bits per heavy atom. The minimum Gasteiger partial charge on any atom is -0.462 e. The molecule has 0 aromatic heterocycles. The van der Waals surface area contributed by atoms with Gasteiger partial charge in [0.05, 0.1) is 26.4 Å². The minimum absolute atomic E-state index is 0.0756. The van der Waals surface area contributed by atoms with Crippen LogP contribution >= 0.6 is 15.6 Å². The molecule has 0 fully saturated rings. The van der Waals surface area contributed by atoms with Crippen molar-refractivity contribution in [2.24, 2.45) is 0 Å². The molecular formula is C81H142O17P2. The molecule has 0 aliphatic heterocycles. The molecule has 17 nitrogen and oxygen atoms in total. The van der Waals surface area contributed by atoms with Crippen LogP contribution in [0.25, 0.3) is 0 Å². The van der Waals surface area contributed by atoms with Crippen LogP contribution in [0.15, 0.2) is 97.2 Å². The van der Waals surface area contributed by atoms with E-state index in [1.165, 1.54) is 77.0 Å². The first kappa shape index (κ1) is 96.0. The number of phosphoric acid groups is 2. The van der Waals surface area contributed by atoms with Crippen molar-refractivity contribution in [2.45, 2.75) is 354 Å². The van der Waals surface area contributed by atoms with Crippen LogP contribution in [0.4, 0.5) is 0 Å². The number of esters is 4. The standard InChI is InChI=1S/C81H142O17P2/c1-5-9-13-17-21-25-29-33-37-41-45-49-53-57-61-65-78(83)91-71-76(97-80(85)67-63-59-55-51-47-43-39-35-31-27-23-19-15-11-7-3)73-95-99(87,88)93-69-75(82)70-94-100(89,90)96-74-77(98-81(86)68-64-60-56-52-48-44-40-36-32-28-24-20-16-12-8-4)72-92-79(84)66-62-58-54-50-46-42-38-34-30-26-22-18-14-10-6-2/h21-28,33-40,75-77,82H,5-20,29-32,41-74H2,1-4H3,(H,87,88)(H,89,90)/b25-21+,26-22+,27-23+,28-24+,37-33-,38-34+,39-35+,40-36+/t75?,76-,77-/m1/s1. The predicted octanol–water partition coefficient (Wildman–Crippen LogP) is 22.8. The second kappa shape index (κ2) is 73.3. The van der Waals surface area contributed by atoms with Gasteiger partial charge in [-0.1, -0.05) is 253 Å². The van der Waals surface area contributed by atoms with E-state index >= 15 is 0 Å². The number of hydrogen-bond donors (Lipinski definition) is 3. The summed E-state index contributed by atoms with van der Waals surface area (Å²) in [5, 5.41) is 10.6. The Morgan fingerprint density at radius 2 is 0.490 bits per heavy atom. The SMILES string of the molecule is CCCCC/C=C/C/C=C\CCCCCCCC(=O)OC[C@H](COP(=O)(O)OCC(O)COP(=O)(O)OC[C@@H](COC(=O)CCCCCCC/C=C/C/C=C/CCCCC)OC(=O)CCCCCCC/C=C/C/C=C/CCCCC)OC(=O)CCCCCCC/C=C/C/C=C/CCCCC. The highest BCUT2D eigenvalue weighted by atomic mass is 31.2. The summed E-state index contributed by atoms with van der Waals surface area (Å²) in [6.45, 7) is 4.74. The molecule has 0 radical (unpaired) electrons. The van der Waals surface area contributed by atoms with Crippen molar-refractivity contribution in [1.82, 2.24) is 0 Å². The summed E-state index contributed by atoms with van der Waals surface area (Å²) in [4.78, 5) is 72.9. The number of phosphoric ester groups is 2. The van der Waals surface area contributed by atoms with Gasteiger partial charge in [-0.3, -0.25) is 37.3 Å². The molecule has 0 saturated carbocycles. The number of hydrogen-bond acceptors (Lipinski definition) is 15. The maximum absolute atomic E-state index is 13.1. The molecular weight excluding hydrogens is 1310 g/mol. The van der Waals surface area contributed by atoms with E-state index in [-0.39, 0.29) is 25.7 Å². The lowest BCUT2D eigenvalue weighted by Gasteiger charge is -2.21. The van der Waals surface area contributed by atoms with Crippen LogP contribution in [0.3, 0.4) is 0 Å². The summed E-state index contributed by atoms with van der Waals surface area (Å²) in [6.07, 6.45) is 76.6. The van der Waals surface area contributed by atoms with Crippen molar-refractivity contribution < 1.29 is 80.2 Å². The van der Waals surface area contributed by atoms with Crippen LogP contribution < -0.4 is 0 Å². The molecule has 0 heterocycles. The first-order valence-electron chi connectivity index (χ1n) is 39.5. The number of ether oxygens (including phenoxy) is 4. The summed E-state index contributed by atoms with van der Waals surface area (Å²) in [5.74, 6) is -2.22. The van der Waals surface area contributed by atoms with Crippen molar-refractivity contribution in [1.29, 1.82) is 0 Å². The van der Waals surface area contributed by atoms with Crippen molar-refractivity contribution in [3.8, 4) is 0 Å². The molecule has 0 aromatic rings. The third kappa shape index (κ3) is 72.3. The van der Waals surface area contributed by atoms with Crippen LogP contribution in [0.1, 0.15) is 336 Å². The van der Waals surface area contributed by atoms with Gasteiger partial charge in [0, 0.05) is 25.7 Å². The Bertz CT molecular complexity index is 2120. The van der Waals surface area contributed by atoms with Gasteiger partial charge in [0.2, 0.25) is 0 Å². The van der Waals surface area contributed by atoms with E-state index in [2.05, 4.69) is 125 Å². The van der Waals surface area contributed by atoms with E-state index in [1.807, 2.05) is 0 Å². The molecule has 19 heteroatoms. The second-order valence-electron chi connectivity index (χ2n) is 26.3. The highest BCUT2D eigenvalue weighted by Gasteiger charge is 2.30. The van der Waals surface area contributed by atoms with Crippen LogP contribution in [0, 0.1) is 0 Å². The van der Waals surface area contributed by atoms with E-state index in [9.17, 15) is 43.2 Å². The molecule has 3 N–H and O–H groups in total. The number of carbonyl (C=O) groups is 4. The number of carbonyl (C=O) groups excluding carboxylic acids is 4. The predicted molar refractivity (Wildman–Crippen MR) is 409 cm³/mol. The van der Waals surface area contributed by atoms with Crippen LogP contribution in [-0.2, 0) is 65.4 Å². The Balaban J connectivity index is 5.40. The van der Waals surface area contributed by atoms with Gasteiger partial charge in [0.15, 0.2) is 12.2 Å². The molecule has 0 rings (SSSR count). The third-order valence-electron chi connectivity index (χ3n) is 16.5. The smallest absolute Gasteiger partial charge is 0.462 e. The molecule has 0 saturated heterocycles. The lowest BCUT2D eigenvalue weighted by atomic mass is 10.1. The first-order chi connectivity index (χ1) is 48.7. The molecule has 0 amide bonds. The van der Waals surface area contributed by atoms with Crippen LogP contribution in [-0.4, -0.2) is 96.7 Å². The van der Waals surface area contributed by atoms with Crippen LogP contribution in [0.2, 0.25) is 0 Å². The topological polar surface area (TPSA) is 237 Å². The molecule has 100 heavy (non-hydrogen) atoms. The number of aliphatic hydroxyl groups excluding tert-OH is 1. The van der Waals surface area contributed by atoms with Crippen LogP contribution in [0.5, 0.6) is 0 Å². The molecule has 0 aliphatic carbocycles. The van der Waals surface area contributed by atoms with Gasteiger partial charge in [-0.2, -0.15) is 0 Å². The zero-order valence-corrected chi connectivity index (χ0v) is 64.9. The Labute approximate surface area is 607 Å². The summed E-state index contributed by atoms with van der Waals surface area (Å²) >= 11 is 0. The minimum atomic E-state index is -4.98. The second-order valence-corrected chi connectivity index (χ2v) is 29.2. The molecule has 0 aromatic carbocycles. The van der Waals surface area contributed by atoms with E-state index < -0.39 is 97.5 Å². The Morgan fingerprint density at radius 1 is 0.280 bits per heavy atom. The Kier molecular flexibility index (Phi) is 70.4. The van der Waals surface area contributed by atoms with E-state index in [0.717, 1.165) is 180 Å². The first-order valence-corrected chi connectivity index (χ1v) is 42.5. The number of aliphatic hydroxyl groups is 1. The van der Waals surface area contributed by atoms with Crippen molar-refractivity contribution in [3.63, 3.8) is 0 Å². The number of rotatable bonds is 74. The van der Waals surface area contributed by atoms with E-state index in [0.29, 0.717) is 25.7 Å². The summed E-state index contributed by atoms with van der Waals surface area (Å²) in [6, 6.07) is 0. The molecule has 578 valence electrons. The largest absolute Gasteiger partial charge is 0.472 e. The summed E-state index contributed by atoms with van der Waals surface area (Å²) in [7, 11) is -9.97. The zero-order chi connectivity index (χ0) is 73.2. The fraction of sp³-hybridized carbons (Fsp3) is 0.753. The van der Waals surface area contributed by atoms with E-state index in [1.54, 1.807) is 0 Å². The van der Waals surface area contributed by atoms with E-state index in [4.69, 9.17) is 37.0 Å². The van der Waals surface area contributed by atoms with Gasteiger partial charge >= 0.3 is 39.5 Å². The summed E-state index contributed by atoms with van der Waals surface area (Å²) in [5.41, 5.74) is 0. The Hall–Kier alpha value is -4.02. The van der Waals surface area contributed by atoms with Gasteiger partial charge in [-0.05, 0) is 154 Å². The van der Waals surface area contributed by atoms with Crippen molar-refractivity contribution in [3.05, 3.63) is 97.2 Å². The lowest BCUT2D eigenvalue weighted by Crippen LogP contribution is -2.30. The maximum Gasteiger partial charge on any atom is 0.472 e. The quantitative estimate of drug-likeness (QED) is 0.0169. The van der Waals surface area contributed by atoms with Gasteiger partial charge in [0.25, 0.3) is 0 Å². The summed E-state index contributed by atoms with van der Waals surface area (Å²) < 4.78 is 68.5. The number of allylic oxidation sites excluding steroid dienone is 16. The molecule has 0 spiro atoms. The molecule has 0 aliphatic rings. The van der Waals surface area contributed by atoms with Gasteiger partial charge in [-0.25, -0.2) is 9.13 Å². The van der Waals surface area contributed by atoms with Gasteiger partial charge in [0.1, 0.15) is 19.3 Å². The molecule has 5 atom stereocenters. The zero-order valence-electron chi connectivity index (χ0n) is 63.1. The van der Waals surface area contributed by atoms with Crippen molar-refractivity contribution >= 4 is 39.5 Å². The molecule has 0 bridgehead atoms. The normalized spacial score (nSPS) is 14.4. The maximum atomic E-state index is 13.1. The van der Waals surface area contributed by atoms with Gasteiger partial charge < -0.3 is 33.8 Å². The average molecular weight is 1450 g/mol.